The Bertz CT molecular complexity index is 1370. The number of aryl methyl sites for hydroxylation is 2. The summed E-state index contributed by atoms with van der Waals surface area (Å²) in [7, 11) is -4.01. The Balaban J connectivity index is 1.64. The Labute approximate surface area is 233 Å². The molecule has 3 aromatic carbocycles. The topological polar surface area (TPSA) is 114 Å². The Morgan fingerprint density at radius 2 is 1.67 bits per heavy atom. The predicted molar refractivity (Wildman–Crippen MR) is 154 cm³/mol. The molecule has 3 rings (SSSR count). The van der Waals surface area contributed by atoms with E-state index in [1.54, 1.807) is 66.4 Å². The van der Waals surface area contributed by atoms with Gasteiger partial charge < -0.3 is 9.47 Å². The first-order valence-electron chi connectivity index (χ1n) is 12.0. The number of rotatable bonds is 13. The fourth-order valence-electron chi connectivity index (χ4n) is 3.55. The average Bonchev–Trinajstić information content (AvgIpc) is 2.91. The van der Waals surface area contributed by atoms with Gasteiger partial charge >= 0.3 is 5.97 Å². The minimum absolute atomic E-state index is 0.0796. The van der Waals surface area contributed by atoms with Gasteiger partial charge in [0, 0.05) is 5.75 Å². The first-order valence-corrected chi connectivity index (χ1v) is 14.9. The zero-order chi connectivity index (χ0) is 28.3. The Morgan fingerprint density at radius 3 is 2.31 bits per heavy atom. The van der Waals surface area contributed by atoms with E-state index in [4.69, 9.17) is 9.47 Å². The number of nitrogens with one attached hydrogen (secondary N) is 1. The third-order valence-corrected chi connectivity index (χ3v) is 7.67. The Morgan fingerprint density at radius 1 is 1.00 bits per heavy atom. The third kappa shape index (κ3) is 9.15. The highest BCUT2D eigenvalue weighted by molar-refractivity contribution is 7.98. The molecule has 9 nitrogen and oxygen atoms in total. The maximum absolute atomic E-state index is 13.4. The van der Waals surface area contributed by atoms with Crippen molar-refractivity contribution in [3.63, 3.8) is 0 Å². The van der Waals surface area contributed by atoms with Gasteiger partial charge in [-0.25, -0.2) is 18.6 Å². The van der Waals surface area contributed by atoms with Crippen molar-refractivity contribution in [2.75, 3.05) is 36.1 Å². The summed E-state index contributed by atoms with van der Waals surface area (Å²) in [5.74, 6) is 0.155. The summed E-state index contributed by atoms with van der Waals surface area (Å²) >= 11 is 1.58. The zero-order valence-corrected chi connectivity index (χ0v) is 23.6. The fraction of sp³-hybridized carbons (Fsp3) is 0.250. The number of hydrogen-bond donors (Lipinski definition) is 1. The second-order valence-corrected chi connectivity index (χ2v) is 11.4. The number of esters is 1. The summed E-state index contributed by atoms with van der Waals surface area (Å²) in [5.41, 5.74) is 5.19. The van der Waals surface area contributed by atoms with E-state index in [1.165, 1.54) is 18.3 Å². The summed E-state index contributed by atoms with van der Waals surface area (Å²) in [6, 6.07) is 20.0. The van der Waals surface area contributed by atoms with E-state index in [2.05, 4.69) is 10.5 Å². The van der Waals surface area contributed by atoms with Crippen LogP contribution in [0.15, 0.2) is 82.8 Å². The van der Waals surface area contributed by atoms with E-state index in [-0.39, 0.29) is 11.5 Å². The first-order chi connectivity index (χ1) is 18.7. The lowest BCUT2D eigenvalue weighted by molar-refractivity contribution is -0.145. The molecule has 0 unspecified atom stereocenters. The standard InChI is InChI=1S/C28H31N3O6S2/c1-21-15-22(2)17-24(16-21)31(39(34,35)26-7-5-4-6-8-26)19-27(32)30-29-18-23-9-11-25(12-10-23)37-20-28(33)36-13-14-38-3/h4-12,15-18H,13-14,19-20H2,1-3H3,(H,30,32). The molecule has 0 fully saturated rings. The molecule has 0 aliphatic rings. The van der Waals surface area contributed by atoms with Crippen LogP contribution in [0, 0.1) is 13.8 Å². The minimum atomic E-state index is -4.01. The summed E-state index contributed by atoms with van der Waals surface area (Å²) in [5, 5.41) is 3.96. The van der Waals surface area contributed by atoms with E-state index in [9.17, 15) is 18.0 Å². The van der Waals surface area contributed by atoms with Crippen molar-refractivity contribution in [3.05, 3.63) is 89.5 Å². The van der Waals surface area contributed by atoms with Gasteiger partial charge in [-0.1, -0.05) is 24.3 Å². The molecular weight excluding hydrogens is 538 g/mol. The highest BCUT2D eigenvalue weighted by Crippen LogP contribution is 2.25. The molecule has 11 heteroatoms. The van der Waals surface area contributed by atoms with Crippen LogP contribution < -0.4 is 14.5 Å². The normalized spacial score (nSPS) is 11.3. The lowest BCUT2D eigenvalue weighted by Crippen LogP contribution is -2.39. The molecule has 1 N–H and O–H groups in total. The molecule has 0 heterocycles. The number of thioether (sulfide) groups is 1. The largest absolute Gasteiger partial charge is 0.482 e. The van der Waals surface area contributed by atoms with Crippen LogP contribution in [0.4, 0.5) is 5.69 Å². The van der Waals surface area contributed by atoms with E-state index < -0.39 is 28.4 Å². The van der Waals surface area contributed by atoms with Gasteiger partial charge in [-0.05, 0) is 85.3 Å². The SMILES string of the molecule is CSCCOC(=O)COc1ccc(C=NNC(=O)CN(c2cc(C)cc(C)c2)S(=O)(=O)c2ccccc2)cc1. The quantitative estimate of drug-likeness (QED) is 0.144. The third-order valence-electron chi connectivity index (χ3n) is 5.30. The smallest absolute Gasteiger partial charge is 0.344 e. The van der Waals surface area contributed by atoms with E-state index >= 15 is 0 Å². The van der Waals surface area contributed by atoms with Gasteiger partial charge in [0.25, 0.3) is 15.9 Å². The maximum atomic E-state index is 13.4. The number of carbonyl (C=O) groups excluding carboxylic acids is 2. The Kier molecular flexibility index (Phi) is 10.9. The van der Waals surface area contributed by atoms with Gasteiger partial charge in [0.15, 0.2) is 6.61 Å². The van der Waals surface area contributed by atoms with E-state index in [1.807, 2.05) is 26.2 Å². The molecule has 0 atom stereocenters. The molecule has 0 bridgehead atoms. The van der Waals surface area contributed by atoms with Crippen LogP contribution in [0.1, 0.15) is 16.7 Å². The summed E-state index contributed by atoms with van der Waals surface area (Å²) in [4.78, 5) is 24.5. The molecule has 0 saturated heterocycles. The molecule has 3 aromatic rings. The molecule has 1 amide bonds. The summed E-state index contributed by atoms with van der Waals surface area (Å²) < 4.78 is 38.4. The number of nitrogens with zero attached hydrogens (tertiary/aromatic N) is 2. The molecule has 0 aliphatic carbocycles. The molecular formula is C28H31N3O6S2. The lowest BCUT2D eigenvalue weighted by atomic mass is 10.1. The minimum Gasteiger partial charge on any atom is -0.482 e. The van der Waals surface area contributed by atoms with Crippen molar-refractivity contribution in [1.82, 2.24) is 5.43 Å². The number of sulfonamides is 1. The molecule has 0 radical (unpaired) electrons. The van der Waals surface area contributed by atoms with Crippen molar-refractivity contribution in [2.24, 2.45) is 5.10 Å². The van der Waals surface area contributed by atoms with Crippen LogP contribution in [-0.2, 0) is 24.3 Å². The molecule has 0 aromatic heterocycles. The van der Waals surface area contributed by atoms with Gasteiger partial charge in [0.1, 0.15) is 18.9 Å². The number of hydrazone groups is 1. The van der Waals surface area contributed by atoms with E-state index in [0.29, 0.717) is 23.6 Å². The molecule has 0 aliphatic heterocycles. The number of ether oxygens (including phenoxy) is 2. The molecule has 0 saturated carbocycles. The van der Waals surface area contributed by atoms with Crippen molar-refractivity contribution in [1.29, 1.82) is 0 Å². The van der Waals surface area contributed by atoms with Crippen molar-refractivity contribution >= 4 is 45.6 Å². The van der Waals surface area contributed by atoms with Crippen LogP contribution in [0.2, 0.25) is 0 Å². The number of anilines is 1. The first kappa shape index (κ1) is 29.7. The van der Waals surface area contributed by atoms with E-state index in [0.717, 1.165) is 21.2 Å². The maximum Gasteiger partial charge on any atom is 0.344 e. The van der Waals surface area contributed by atoms with Crippen LogP contribution in [0.5, 0.6) is 5.75 Å². The second-order valence-electron chi connectivity index (χ2n) is 8.53. The fourth-order valence-corrected chi connectivity index (χ4v) is 5.22. The lowest BCUT2D eigenvalue weighted by Gasteiger charge is -2.24. The van der Waals surface area contributed by atoms with Crippen molar-refractivity contribution in [3.8, 4) is 5.75 Å². The van der Waals surface area contributed by atoms with Crippen LogP contribution in [0.3, 0.4) is 0 Å². The number of hydrogen-bond acceptors (Lipinski definition) is 8. The van der Waals surface area contributed by atoms with Crippen molar-refractivity contribution < 1.29 is 27.5 Å². The summed E-state index contributed by atoms with van der Waals surface area (Å²) in [6.07, 6.45) is 3.35. The average molecular weight is 570 g/mol. The number of amides is 1. The number of carbonyl (C=O) groups is 2. The van der Waals surface area contributed by atoms with Crippen LogP contribution in [0.25, 0.3) is 0 Å². The van der Waals surface area contributed by atoms with Gasteiger partial charge in [0.2, 0.25) is 0 Å². The molecule has 0 spiro atoms. The van der Waals surface area contributed by atoms with Gasteiger partial charge in [-0.2, -0.15) is 16.9 Å². The molecule has 206 valence electrons. The van der Waals surface area contributed by atoms with Crippen LogP contribution in [-0.4, -0.2) is 58.3 Å². The van der Waals surface area contributed by atoms with Gasteiger partial charge in [-0.3, -0.25) is 9.10 Å². The number of benzene rings is 3. The van der Waals surface area contributed by atoms with Crippen LogP contribution >= 0.6 is 11.8 Å². The van der Waals surface area contributed by atoms with Gasteiger partial charge in [0.05, 0.1) is 16.8 Å². The zero-order valence-electron chi connectivity index (χ0n) is 22.0. The highest BCUT2D eigenvalue weighted by atomic mass is 32.2. The second kappa shape index (κ2) is 14.4. The van der Waals surface area contributed by atoms with Gasteiger partial charge in [-0.15, -0.1) is 0 Å². The monoisotopic (exact) mass is 569 g/mol. The highest BCUT2D eigenvalue weighted by Gasteiger charge is 2.27. The predicted octanol–water partition coefficient (Wildman–Crippen LogP) is 3.93. The molecule has 39 heavy (non-hydrogen) atoms. The Hall–Kier alpha value is -3.83. The summed E-state index contributed by atoms with van der Waals surface area (Å²) in [6.45, 7) is 3.41. The van der Waals surface area contributed by atoms with Crippen molar-refractivity contribution in [2.45, 2.75) is 18.7 Å².